The second-order valence-electron chi connectivity index (χ2n) is 4.46. The number of nitrogens with zero attached hydrogens (tertiary/aromatic N) is 2. The molecule has 1 fully saturated rings. The maximum Gasteiger partial charge on any atom is 0.0594 e. The first-order chi connectivity index (χ1) is 7.24. The molecule has 0 aromatic heterocycles. The summed E-state index contributed by atoms with van der Waals surface area (Å²) < 4.78 is 5.40. The zero-order valence-corrected chi connectivity index (χ0v) is 10.1. The molecule has 2 N–H and O–H groups in total. The normalized spacial score (nSPS) is 23.6. The molecule has 4 nitrogen and oxygen atoms in total. The molecule has 0 aromatic carbocycles. The number of hydrogen-bond donors (Lipinski definition) is 1. The van der Waals surface area contributed by atoms with Gasteiger partial charge in [-0.1, -0.05) is 0 Å². The molecule has 1 saturated heterocycles. The highest BCUT2D eigenvalue weighted by atomic mass is 16.5. The van der Waals surface area contributed by atoms with E-state index in [4.69, 9.17) is 10.5 Å². The van der Waals surface area contributed by atoms with Crippen LogP contribution in [0, 0.1) is 0 Å². The molecule has 4 heteroatoms. The number of likely N-dealkylation sites (tertiary alicyclic amines) is 1. The highest BCUT2D eigenvalue weighted by Crippen LogP contribution is 2.12. The SMILES string of the molecule is CN(C)C1CCCN(CCOCCN)C1. The lowest BCUT2D eigenvalue weighted by atomic mass is 10.1. The standard InChI is InChI=1S/C11H25N3O/c1-13(2)11-4-3-6-14(10-11)7-9-15-8-5-12/h11H,3-10,12H2,1-2H3. The molecule has 0 saturated carbocycles. The van der Waals surface area contributed by atoms with Crippen molar-refractivity contribution in [3.05, 3.63) is 0 Å². The van der Waals surface area contributed by atoms with Crippen LogP contribution in [0.1, 0.15) is 12.8 Å². The van der Waals surface area contributed by atoms with E-state index in [9.17, 15) is 0 Å². The lowest BCUT2D eigenvalue weighted by Crippen LogP contribution is -2.46. The number of likely N-dealkylation sites (N-methyl/N-ethyl adjacent to an activating group) is 1. The molecule has 0 bridgehead atoms. The van der Waals surface area contributed by atoms with Crippen molar-refractivity contribution in [3.8, 4) is 0 Å². The lowest BCUT2D eigenvalue weighted by Gasteiger charge is -2.36. The van der Waals surface area contributed by atoms with Gasteiger partial charge in [-0.2, -0.15) is 0 Å². The number of piperidine rings is 1. The van der Waals surface area contributed by atoms with E-state index in [-0.39, 0.29) is 0 Å². The summed E-state index contributed by atoms with van der Waals surface area (Å²) >= 11 is 0. The van der Waals surface area contributed by atoms with Gasteiger partial charge in [-0.05, 0) is 33.5 Å². The summed E-state index contributed by atoms with van der Waals surface area (Å²) in [5, 5.41) is 0. The molecule has 90 valence electrons. The van der Waals surface area contributed by atoms with Crippen LogP contribution in [0.25, 0.3) is 0 Å². The summed E-state index contributed by atoms with van der Waals surface area (Å²) in [4.78, 5) is 4.82. The summed E-state index contributed by atoms with van der Waals surface area (Å²) in [6.45, 7) is 5.57. The zero-order chi connectivity index (χ0) is 11.1. The average molecular weight is 215 g/mol. The molecule has 1 heterocycles. The molecule has 1 rings (SSSR count). The van der Waals surface area contributed by atoms with Crippen molar-refractivity contribution in [1.29, 1.82) is 0 Å². The van der Waals surface area contributed by atoms with Crippen LogP contribution in [0.2, 0.25) is 0 Å². The minimum absolute atomic E-state index is 0.625. The second kappa shape index (κ2) is 7.17. The van der Waals surface area contributed by atoms with Gasteiger partial charge in [-0.3, -0.25) is 4.90 Å². The Bertz CT molecular complexity index is 164. The van der Waals surface area contributed by atoms with Crippen LogP contribution in [-0.4, -0.2) is 69.3 Å². The molecule has 1 aliphatic heterocycles. The number of nitrogens with two attached hydrogens (primary N) is 1. The molecule has 0 radical (unpaired) electrons. The van der Waals surface area contributed by atoms with Crippen molar-refractivity contribution in [1.82, 2.24) is 9.80 Å². The molecule has 1 atom stereocenters. The first-order valence-electron chi connectivity index (χ1n) is 5.90. The molecular weight excluding hydrogens is 190 g/mol. The highest BCUT2D eigenvalue weighted by molar-refractivity contribution is 4.77. The summed E-state index contributed by atoms with van der Waals surface area (Å²) in [7, 11) is 4.33. The number of ether oxygens (including phenoxy) is 1. The third-order valence-electron chi connectivity index (χ3n) is 3.02. The van der Waals surface area contributed by atoms with Crippen molar-refractivity contribution < 1.29 is 4.74 Å². The van der Waals surface area contributed by atoms with Gasteiger partial charge in [0.2, 0.25) is 0 Å². The van der Waals surface area contributed by atoms with E-state index < -0.39 is 0 Å². The van der Waals surface area contributed by atoms with Crippen LogP contribution >= 0.6 is 0 Å². The van der Waals surface area contributed by atoms with Crippen molar-refractivity contribution in [2.24, 2.45) is 5.73 Å². The van der Waals surface area contributed by atoms with Crippen molar-refractivity contribution in [2.45, 2.75) is 18.9 Å². The Kier molecular flexibility index (Phi) is 6.17. The van der Waals surface area contributed by atoms with E-state index in [0.717, 1.165) is 13.2 Å². The lowest BCUT2D eigenvalue weighted by molar-refractivity contribution is 0.0784. The van der Waals surface area contributed by atoms with Gasteiger partial charge in [0.25, 0.3) is 0 Å². The fourth-order valence-corrected chi connectivity index (χ4v) is 2.03. The maximum absolute atomic E-state index is 5.40. The topological polar surface area (TPSA) is 41.7 Å². The fourth-order valence-electron chi connectivity index (χ4n) is 2.03. The molecule has 1 unspecified atom stereocenters. The molecule has 0 amide bonds. The van der Waals surface area contributed by atoms with Crippen molar-refractivity contribution in [3.63, 3.8) is 0 Å². The van der Waals surface area contributed by atoms with Gasteiger partial charge >= 0.3 is 0 Å². The van der Waals surface area contributed by atoms with Crippen LogP contribution in [0.3, 0.4) is 0 Å². The Morgan fingerprint density at radius 3 is 2.87 bits per heavy atom. The Morgan fingerprint density at radius 1 is 1.40 bits per heavy atom. The molecule has 0 aliphatic carbocycles. The Labute approximate surface area is 93.4 Å². The van der Waals surface area contributed by atoms with Gasteiger partial charge in [0, 0.05) is 25.7 Å². The van der Waals surface area contributed by atoms with E-state index >= 15 is 0 Å². The summed E-state index contributed by atoms with van der Waals surface area (Å²) in [6.07, 6.45) is 2.63. The molecule has 1 aliphatic rings. The van der Waals surface area contributed by atoms with Crippen molar-refractivity contribution in [2.75, 3.05) is 53.5 Å². The van der Waals surface area contributed by atoms with Crippen LogP contribution in [0.15, 0.2) is 0 Å². The number of rotatable bonds is 6. The largest absolute Gasteiger partial charge is 0.379 e. The van der Waals surface area contributed by atoms with E-state index in [0.29, 0.717) is 19.2 Å². The molecule has 15 heavy (non-hydrogen) atoms. The van der Waals surface area contributed by atoms with Gasteiger partial charge in [0.15, 0.2) is 0 Å². The first kappa shape index (κ1) is 12.9. The molecule has 0 aromatic rings. The Hall–Kier alpha value is -0.160. The van der Waals surface area contributed by atoms with Crippen LogP contribution in [-0.2, 0) is 4.74 Å². The average Bonchev–Trinajstić information content (AvgIpc) is 2.25. The minimum atomic E-state index is 0.625. The zero-order valence-electron chi connectivity index (χ0n) is 10.1. The molecular formula is C11H25N3O. The van der Waals surface area contributed by atoms with Gasteiger partial charge in [0.1, 0.15) is 0 Å². The van der Waals surface area contributed by atoms with Crippen LogP contribution in [0.5, 0.6) is 0 Å². The number of hydrogen-bond acceptors (Lipinski definition) is 4. The van der Waals surface area contributed by atoms with Crippen molar-refractivity contribution >= 4 is 0 Å². The predicted octanol–water partition coefficient (Wildman–Crippen LogP) is -0.0123. The van der Waals surface area contributed by atoms with Crippen LogP contribution < -0.4 is 5.73 Å². The Balaban J connectivity index is 2.13. The highest BCUT2D eigenvalue weighted by Gasteiger charge is 2.20. The third kappa shape index (κ3) is 4.93. The Morgan fingerprint density at radius 2 is 2.20 bits per heavy atom. The summed E-state index contributed by atoms with van der Waals surface area (Å²) in [5.74, 6) is 0. The van der Waals surface area contributed by atoms with E-state index in [1.54, 1.807) is 0 Å². The predicted molar refractivity (Wildman–Crippen MR) is 63.0 cm³/mol. The maximum atomic E-state index is 5.40. The third-order valence-corrected chi connectivity index (χ3v) is 3.02. The smallest absolute Gasteiger partial charge is 0.0594 e. The fraction of sp³-hybridized carbons (Fsp3) is 1.00. The monoisotopic (exact) mass is 215 g/mol. The second-order valence-corrected chi connectivity index (χ2v) is 4.46. The van der Waals surface area contributed by atoms with E-state index in [2.05, 4.69) is 23.9 Å². The summed E-state index contributed by atoms with van der Waals surface area (Å²) in [5.41, 5.74) is 5.36. The minimum Gasteiger partial charge on any atom is -0.379 e. The van der Waals surface area contributed by atoms with Gasteiger partial charge in [-0.15, -0.1) is 0 Å². The first-order valence-corrected chi connectivity index (χ1v) is 5.90. The van der Waals surface area contributed by atoms with E-state index in [1.807, 2.05) is 0 Å². The quantitative estimate of drug-likeness (QED) is 0.633. The van der Waals surface area contributed by atoms with Gasteiger partial charge in [0.05, 0.1) is 13.2 Å². The van der Waals surface area contributed by atoms with Crippen LogP contribution in [0.4, 0.5) is 0 Å². The van der Waals surface area contributed by atoms with E-state index in [1.165, 1.54) is 25.9 Å². The van der Waals surface area contributed by atoms with Gasteiger partial charge in [-0.25, -0.2) is 0 Å². The molecule has 0 spiro atoms. The summed E-state index contributed by atoms with van der Waals surface area (Å²) in [6, 6.07) is 0.716. The van der Waals surface area contributed by atoms with Gasteiger partial charge < -0.3 is 15.4 Å².